The van der Waals surface area contributed by atoms with Gasteiger partial charge < -0.3 is 10.2 Å². The van der Waals surface area contributed by atoms with E-state index < -0.39 is 0 Å². The Labute approximate surface area is 128 Å². The van der Waals surface area contributed by atoms with Gasteiger partial charge in [0.05, 0.1) is 23.0 Å². The van der Waals surface area contributed by atoms with Crippen molar-refractivity contribution in [2.75, 3.05) is 12.4 Å². The molecule has 1 aliphatic carbocycles. The highest BCUT2D eigenvalue weighted by atomic mass is 16.6. The largest absolute Gasteiger partial charge is 0.399 e. The number of fused-ring (bicyclic) bond motifs is 1. The third-order valence-corrected chi connectivity index (χ3v) is 3.46. The number of hydrogen-bond donors (Lipinski definition) is 1. The van der Waals surface area contributed by atoms with Gasteiger partial charge in [0.15, 0.2) is 0 Å². The zero-order valence-corrected chi connectivity index (χ0v) is 12.2. The van der Waals surface area contributed by atoms with Crippen LogP contribution in [0.4, 0.5) is 11.6 Å². The Balaban J connectivity index is 1.87. The lowest BCUT2D eigenvalue weighted by Crippen LogP contribution is -2.15. The number of aromatic nitrogens is 2. The van der Waals surface area contributed by atoms with Gasteiger partial charge in [-0.15, -0.1) is 0 Å². The zero-order valence-electron chi connectivity index (χ0n) is 12.2. The number of nitrogens with one attached hydrogen (secondary N) is 1. The van der Waals surface area contributed by atoms with Crippen molar-refractivity contribution >= 4 is 17.3 Å². The second kappa shape index (κ2) is 6.22. The fourth-order valence-electron chi connectivity index (χ4n) is 2.47. The summed E-state index contributed by atoms with van der Waals surface area (Å²) in [6.07, 6.45) is 4.54. The molecule has 0 atom stereocenters. The average molecular weight is 293 g/mol. The van der Waals surface area contributed by atoms with Gasteiger partial charge in [-0.2, -0.15) is 5.26 Å². The molecule has 3 rings (SSSR count). The minimum Gasteiger partial charge on any atom is -0.399 e. The Morgan fingerprint density at radius 1 is 1.36 bits per heavy atom. The zero-order chi connectivity index (χ0) is 15.4. The number of aryl methyl sites for hydroxylation is 1. The van der Waals surface area contributed by atoms with Crippen LogP contribution in [-0.4, -0.2) is 22.8 Å². The summed E-state index contributed by atoms with van der Waals surface area (Å²) in [5.74, 6) is 0.521. The Morgan fingerprint density at radius 3 is 3.09 bits per heavy atom. The molecule has 0 bridgehead atoms. The maximum atomic E-state index is 8.93. The quantitative estimate of drug-likeness (QED) is 0.880. The van der Waals surface area contributed by atoms with E-state index >= 15 is 0 Å². The monoisotopic (exact) mass is 293 g/mol. The van der Waals surface area contributed by atoms with Gasteiger partial charge in [-0.3, -0.25) is 0 Å². The molecule has 0 unspecified atom stereocenters. The van der Waals surface area contributed by atoms with E-state index in [0.29, 0.717) is 11.5 Å². The van der Waals surface area contributed by atoms with Crippen molar-refractivity contribution in [3.8, 4) is 6.07 Å². The van der Waals surface area contributed by atoms with E-state index in [2.05, 4.69) is 26.5 Å². The fraction of sp³-hybridized carbons (Fsp3) is 0.250. The molecule has 1 aromatic heterocycles. The summed E-state index contributed by atoms with van der Waals surface area (Å²) >= 11 is 0. The third-order valence-electron chi connectivity index (χ3n) is 3.46. The molecule has 6 heteroatoms. The van der Waals surface area contributed by atoms with Crippen LogP contribution in [0.5, 0.6) is 0 Å². The molecule has 0 amide bonds. The van der Waals surface area contributed by atoms with Gasteiger partial charge in [-0.25, -0.2) is 9.97 Å². The van der Waals surface area contributed by atoms with Crippen molar-refractivity contribution in [2.45, 2.75) is 19.3 Å². The molecule has 2 aromatic rings. The highest BCUT2D eigenvalue weighted by Gasteiger charge is 2.18. The van der Waals surface area contributed by atoms with Crippen molar-refractivity contribution in [1.82, 2.24) is 9.97 Å². The van der Waals surface area contributed by atoms with E-state index in [1.165, 1.54) is 0 Å². The first-order valence-electron chi connectivity index (χ1n) is 7.03. The van der Waals surface area contributed by atoms with Crippen LogP contribution in [0.3, 0.4) is 0 Å². The molecule has 22 heavy (non-hydrogen) atoms. The number of benzene rings is 1. The highest BCUT2D eigenvalue weighted by Crippen LogP contribution is 2.22. The lowest BCUT2D eigenvalue weighted by molar-refractivity contribution is 0.212. The van der Waals surface area contributed by atoms with E-state index in [0.717, 1.165) is 41.9 Å². The minimum atomic E-state index is 0.521. The van der Waals surface area contributed by atoms with Gasteiger partial charge in [0.25, 0.3) is 0 Å². The van der Waals surface area contributed by atoms with Crippen molar-refractivity contribution < 1.29 is 4.84 Å². The molecule has 0 aliphatic heterocycles. The summed E-state index contributed by atoms with van der Waals surface area (Å²) < 4.78 is 0. The third kappa shape index (κ3) is 2.88. The highest BCUT2D eigenvalue weighted by molar-refractivity contribution is 6.01. The van der Waals surface area contributed by atoms with Crippen LogP contribution in [0.15, 0.2) is 35.6 Å². The maximum Gasteiger partial charge on any atom is 0.227 e. The maximum absolute atomic E-state index is 8.93. The molecule has 1 aromatic carbocycles. The molecule has 1 N–H and O–H groups in total. The smallest absolute Gasteiger partial charge is 0.227 e. The Bertz CT molecular complexity index is 763. The van der Waals surface area contributed by atoms with Crippen LogP contribution in [0.2, 0.25) is 0 Å². The van der Waals surface area contributed by atoms with Gasteiger partial charge in [0, 0.05) is 17.4 Å². The van der Waals surface area contributed by atoms with Crippen LogP contribution >= 0.6 is 0 Å². The topological polar surface area (TPSA) is 83.2 Å². The summed E-state index contributed by atoms with van der Waals surface area (Å²) in [5.41, 5.74) is 4.19. The summed E-state index contributed by atoms with van der Waals surface area (Å²) in [5, 5.41) is 16.1. The molecule has 0 saturated heterocycles. The van der Waals surface area contributed by atoms with Crippen LogP contribution in [-0.2, 0) is 11.3 Å². The van der Waals surface area contributed by atoms with Gasteiger partial charge in [0.2, 0.25) is 5.95 Å². The van der Waals surface area contributed by atoms with E-state index in [9.17, 15) is 0 Å². The Hall–Kier alpha value is -2.94. The second-order valence-electron chi connectivity index (χ2n) is 4.95. The van der Waals surface area contributed by atoms with Crippen LogP contribution in [0, 0.1) is 11.3 Å². The molecule has 0 saturated carbocycles. The number of oxime groups is 1. The number of nitriles is 1. The molecule has 1 heterocycles. The summed E-state index contributed by atoms with van der Waals surface area (Å²) in [4.78, 5) is 13.8. The van der Waals surface area contributed by atoms with E-state index in [1.807, 2.05) is 12.1 Å². The average Bonchev–Trinajstić information content (AvgIpc) is 2.55. The molecular formula is C16H15N5O. The van der Waals surface area contributed by atoms with E-state index in [4.69, 9.17) is 10.1 Å². The molecule has 0 spiro atoms. The van der Waals surface area contributed by atoms with Gasteiger partial charge in [0.1, 0.15) is 7.11 Å². The number of hydrogen-bond acceptors (Lipinski definition) is 6. The molecule has 1 aliphatic rings. The molecular weight excluding hydrogens is 278 g/mol. The first kappa shape index (κ1) is 14.0. The predicted octanol–water partition coefficient (Wildman–Crippen LogP) is 2.78. The SMILES string of the molecule is CO/N=C1\CCCc2nc(Nc3cccc(C#N)c3)ncc21. The first-order valence-corrected chi connectivity index (χ1v) is 7.03. The standard InChI is InChI=1S/C16H15N5O/c1-22-21-15-7-3-6-14-13(15)10-18-16(20-14)19-12-5-2-4-11(8-12)9-17/h2,4-5,8,10H,3,6-7H2,1H3,(H,18,19,20)/b21-15+. The van der Waals surface area contributed by atoms with Crippen molar-refractivity contribution in [1.29, 1.82) is 5.26 Å². The summed E-state index contributed by atoms with van der Waals surface area (Å²) in [7, 11) is 1.54. The van der Waals surface area contributed by atoms with Gasteiger partial charge in [-0.1, -0.05) is 11.2 Å². The predicted molar refractivity (Wildman–Crippen MR) is 83.0 cm³/mol. The normalized spacial score (nSPS) is 15.0. The van der Waals surface area contributed by atoms with Crippen molar-refractivity contribution in [2.24, 2.45) is 5.16 Å². The van der Waals surface area contributed by atoms with Gasteiger partial charge >= 0.3 is 0 Å². The van der Waals surface area contributed by atoms with E-state index in [-0.39, 0.29) is 0 Å². The van der Waals surface area contributed by atoms with Gasteiger partial charge in [-0.05, 0) is 37.5 Å². The summed E-state index contributed by atoms with van der Waals surface area (Å²) in [6, 6.07) is 9.33. The Morgan fingerprint density at radius 2 is 2.27 bits per heavy atom. The molecule has 110 valence electrons. The van der Waals surface area contributed by atoms with Crippen LogP contribution in [0.1, 0.15) is 29.7 Å². The molecule has 6 nitrogen and oxygen atoms in total. The molecule has 0 fully saturated rings. The lowest BCUT2D eigenvalue weighted by atomic mass is 9.95. The van der Waals surface area contributed by atoms with Crippen LogP contribution < -0.4 is 5.32 Å². The second-order valence-corrected chi connectivity index (χ2v) is 4.95. The summed E-state index contributed by atoms with van der Waals surface area (Å²) in [6.45, 7) is 0. The fourth-order valence-corrected chi connectivity index (χ4v) is 2.47. The lowest BCUT2D eigenvalue weighted by Gasteiger charge is -2.16. The van der Waals surface area contributed by atoms with Crippen LogP contribution in [0.25, 0.3) is 0 Å². The minimum absolute atomic E-state index is 0.521. The van der Waals surface area contributed by atoms with Crippen molar-refractivity contribution in [3.05, 3.63) is 47.3 Å². The number of nitrogens with zero attached hydrogens (tertiary/aromatic N) is 4. The number of rotatable bonds is 3. The first-order chi connectivity index (χ1) is 10.8. The van der Waals surface area contributed by atoms with E-state index in [1.54, 1.807) is 25.4 Å². The molecule has 0 radical (unpaired) electrons. The van der Waals surface area contributed by atoms with Crippen molar-refractivity contribution in [3.63, 3.8) is 0 Å². The Kier molecular flexibility index (Phi) is 3.97. The number of anilines is 2.